The van der Waals surface area contributed by atoms with E-state index < -0.39 is 26.0 Å². The molecule has 3 aromatic heterocycles. The normalized spacial score (nSPS) is 15.9. The number of thiophene rings is 1. The fraction of sp³-hybridized carbons (Fsp3) is 0.333. The number of aromatic nitrogens is 2. The third-order valence-corrected chi connectivity index (χ3v) is 14.5. The average Bonchev–Trinajstić information content (AvgIpc) is 3.76. The van der Waals surface area contributed by atoms with Gasteiger partial charge in [0.05, 0.1) is 10.1 Å². The molecule has 0 bridgehead atoms. The van der Waals surface area contributed by atoms with Crippen LogP contribution in [0.15, 0.2) is 63.1 Å². The topological polar surface area (TPSA) is 144 Å². The summed E-state index contributed by atoms with van der Waals surface area (Å²) in [6.07, 6.45) is 7.44. The summed E-state index contributed by atoms with van der Waals surface area (Å²) >= 11 is 4.66. The number of thioether (sulfide) groups is 1. The molecule has 1 aliphatic heterocycles. The van der Waals surface area contributed by atoms with Crippen molar-refractivity contribution < 1.29 is 30.5 Å². The van der Waals surface area contributed by atoms with E-state index in [9.17, 15) is 30.7 Å². The summed E-state index contributed by atoms with van der Waals surface area (Å²) < 4.78 is 74.3. The van der Waals surface area contributed by atoms with Crippen molar-refractivity contribution in [2.75, 3.05) is 18.1 Å². The molecule has 4 heterocycles. The van der Waals surface area contributed by atoms with Crippen molar-refractivity contribution in [3.05, 3.63) is 88.0 Å². The van der Waals surface area contributed by atoms with Gasteiger partial charge in [-0.3, -0.25) is 0 Å². The van der Waals surface area contributed by atoms with Crippen LogP contribution in [-0.4, -0.2) is 68.0 Å². The maximum absolute atomic E-state index is 13.5. The molecule has 246 valence electrons. The van der Waals surface area contributed by atoms with Gasteiger partial charge < -0.3 is 4.55 Å². The van der Waals surface area contributed by atoms with Crippen LogP contribution in [-0.2, 0) is 33.3 Å². The Morgan fingerprint density at radius 2 is 1.67 bits per heavy atom. The predicted molar refractivity (Wildman–Crippen MR) is 185 cm³/mol. The van der Waals surface area contributed by atoms with E-state index in [0.29, 0.717) is 43.4 Å². The number of unbranched alkanes of at least 4 members (excludes halogenated alkanes) is 2. The average molecular weight is 786 g/mol. The van der Waals surface area contributed by atoms with Crippen LogP contribution in [0.25, 0.3) is 26.9 Å². The molecular weight excluding hydrogens is 754 g/mol. The minimum atomic E-state index is -4.27. The van der Waals surface area contributed by atoms with Crippen LogP contribution in [0.5, 0.6) is 0 Å². The van der Waals surface area contributed by atoms with Gasteiger partial charge in [-0.25, -0.2) is 8.42 Å². The Morgan fingerprint density at radius 1 is 0.957 bits per heavy atom. The van der Waals surface area contributed by atoms with E-state index in [0.717, 1.165) is 31.0 Å². The fourth-order valence-electron chi connectivity index (χ4n) is 5.03. The fourth-order valence-corrected chi connectivity index (χ4v) is 12.1. The summed E-state index contributed by atoms with van der Waals surface area (Å²) in [5.74, 6) is -0.779. The number of nitrogens with zero attached hydrogens (tertiary/aromatic N) is 3. The van der Waals surface area contributed by atoms with Crippen molar-refractivity contribution in [3.8, 4) is 0 Å². The van der Waals surface area contributed by atoms with Gasteiger partial charge in [0, 0.05) is 5.75 Å². The molecule has 5 rings (SSSR count). The summed E-state index contributed by atoms with van der Waals surface area (Å²) in [7, 11) is -8.52. The van der Waals surface area contributed by atoms with E-state index >= 15 is 0 Å². The number of allylic oxidation sites excluding steroid dienone is 1. The predicted octanol–water partition coefficient (Wildman–Crippen LogP) is 2.64. The monoisotopic (exact) mass is 786 g/mol. The van der Waals surface area contributed by atoms with Crippen LogP contribution in [0, 0.1) is 0 Å². The Morgan fingerprint density at radius 3 is 2.37 bits per heavy atom. The molecule has 16 heteroatoms. The zero-order valence-electron chi connectivity index (χ0n) is 24.9. The van der Waals surface area contributed by atoms with Gasteiger partial charge in [-0.1, -0.05) is 18.2 Å². The molecule has 0 fully saturated rings. The zero-order chi connectivity index (χ0) is 32.9. The van der Waals surface area contributed by atoms with Crippen molar-refractivity contribution in [3.63, 3.8) is 0 Å². The first kappa shape index (κ1) is 35.0. The van der Waals surface area contributed by atoms with Gasteiger partial charge in [-0.05, 0) is 0 Å². The van der Waals surface area contributed by atoms with E-state index in [2.05, 4.69) is 21.6 Å². The Balaban J connectivity index is 1.45. The molecular formula is C30H32N3O7S5Se-. The number of hydrogen-bond donors (Lipinski definition) is 0. The van der Waals surface area contributed by atoms with E-state index in [-0.39, 0.29) is 32.2 Å². The first-order chi connectivity index (χ1) is 21.9. The van der Waals surface area contributed by atoms with Crippen LogP contribution < -0.4 is 19.3 Å². The number of benzene rings is 1. The molecule has 1 aromatic carbocycles. The van der Waals surface area contributed by atoms with Crippen molar-refractivity contribution in [2.24, 2.45) is 0 Å². The Hall–Kier alpha value is -2.27. The molecule has 0 spiro atoms. The van der Waals surface area contributed by atoms with Gasteiger partial charge in [0.2, 0.25) is 0 Å². The minimum absolute atomic E-state index is 0.0322. The van der Waals surface area contributed by atoms with E-state index in [4.69, 9.17) is 0 Å². The number of aryl methyl sites for hydroxylation is 1. The van der Waals surface area contributed by atoms with Crippen molar-refractivity contribution >= 4 is 96.1 Å². The van der Waals surface area contributed by atoms with Crippen molar-refractivity contribution in [2.45, 2.75) is 45.7 Å². The molecule has 0 aliphatic carbocycles. The van der Waals surface area contributed by atoms with Crippen molar-refractivity contribution in [1.82, 2.24) is 9.47 Å². The third-order valence-electron chi connectivity index (χ3n) is 7.21. The molecule has 4 aromatic rings. The molecule has 0 amide bonds. The second kappa shape index (κ2) is 15.3. The molecule has 0 N–H and O–H groups in total. The van der Waals surface area contributed by atoms with E-state index in [1.165, 1.54) is 26.7 Å². The quantitative estimate of drug-likeness (QED) is 0.0817. The third kappa shape index (κ3) is 8.99. The van der Waals surface area contributed by atoms with Gasteiger partial charge in [0.25, 0.3) is 0 Å². The second-order valence-electron chi connectivity index (χ2n) is 10.4. The molecule has 0 saturated heterocycles. The maximum atomic E-state index is 13.5. The number of rotatable bonds is 14. The second-order valence-corrected chi connectivity index (χ2v) is 19.1. The van der Waals surface area contributed by atoms with Crippen LogP contribution in [0.3, 0.4) is 0 Å². The Bertz CT molecular complexity index is 2160. The number of fused-ring (bicyclic) bond motifs is 1. The number of hydrogen-bond acceptors (Lipinski definition) is 11. The molecule has 0 saturated carbocycles. The zero-order valence-corrected chi connectivity index (χ0v) is 30.7. The first-order valence-corrected chi connectivity index (χ1v) is 22.0. The Kier molecular flexibility index (Phi) is 11.7. The standard InChI is InChI=1S/C30H33N3O7S5Se/c1-2-31-27(20-28-33(16-7-9-19-45(38,39)40)23-14-17-41-30(23)46-28)43-25(29(31)34)12-13-26-32(15-6-8-18-44(35,36)37)24(21-42-26)22-10-4-3-5-11-22/h3-5,10-14,17,20-21H,2,6-9,15-16,18-19H2,1H3,(H-,35,36,37,38,39,40)/p-1/b25-12+,26-13?. The summed E-state index contributed by atoms with van der Waals surface area (Å²) in [6, 6.07) is 11.9. The van der Waals surface area contributed by atoms with Crippen LogP contribution >= 0.6 is 34.4 Å². The molecule has 46 heavy (non-hydrogen) atoms. The summed E-state index contributed by atoms with van der Waals surface area (Å²) in [4.78, 5) is 15.6. The summed E-state index contributed by atoms with van der Waals surface area (Å²) in [6.45, 7) is 3.54. The molecule has 0 radical (unpaired) electrons. The van der Waals surface area contributed by atoms with Crippen molar-refractivity contribution in [1.29, 1.82) is 0 Å². The van der Waals surface area contributed by atoms with E-state index in [1.54, 1.807) is 15.9 Å². The first-order valence-electron chi connectivity index (χ1n) is 14.5. The van der Waals surface area contributed by atoms with Crippen LogP contribution in [0.1, 0.15) is 42.7 Å². The summed E-state index contributed by atoms with van der Waals surface area (Å²) in [5, 5.41) is 4.98. The molecule has 1 aliphatic rings. The molecule has 0 unspecified atom stereocenters. The van der Waals surface area contributed by atoms with E-state index in [1.807, 2.05) is 60.2 Å². The summed E-state index contributed by atoms with van der Waals surface area (Å²) in [5.41, 5.74) is 3.00. The number of thiazole rings is 1. The van der Waals surface area contributed by atoms with Gasteiger partial charge in [0.1, 0.15) is 0 Å². The van der Waals surface area contributed by atoms with Gasteiger partial charge in [-0.15, -0.1) is 0 Å². The molecule has 10 nitrogen and oxygen atoms in total. The van der Waals surface area contributed by atoms with Gasteiger partial charge >= 0.3 is 241 Å². The molecule has 0 atom stereocenters. The van der Waals surface area contributed by atoms with Gasteiger partial charge in [-0.2, -0.15) is 0 Å². The van der Waals surface area contributed by atoms with Crippen LogP contribution in [0.4, 0.5) is 0 Å². The van der Waals surface area contributed by atoms with Crippen LogP contribution in [0.2, 0.25) is 0 Å². The van der Waals surface area contributed by atoms with Gasteiger partial charge in [0.15, 0.2) is 0 Å². The SMILES string of the molecule is CCn1c(=Cc2[se]c3sccc3[n+]2CCCCS(=O)(=O)[O-])s/c(=C/C=C2SC=C(c3ccccc3)N2CCCCS(=O)(=O)[O-])c1=O. The Labute approximate surface area is 286 Å².